The van der Waals surface area contributed by atoms with Crippen molar-refractivity contribution in [1.82, 2.24) is 15.1 Å². The molecule has 1 atom stereocenters. The van der Waals surface area contributed by atoms with E-state index in [2.05, 4.69) is 51.5 Å². The standard InChI is InChI=1S/C20H31N3O/c1-17(19(24)21-20(2,3)4)23-15-13-22(14-16-23)12-8-11-18-9-6-5-7-10-18/h5-11,17H,12-16H2,1-4H3,(H,21,24)/b11-8+. The summed E-state index contributed by atoms with van der Waals surface area (Å²) in [6, 6.07) is 10.3. The maximum atomic E-state index is 12.3. The molecule has 4 heteroatoms. The van der Waals surface area contributed by atoms with E-state index in [1.165, 1.54) is 5.56 Å². The lowest BCUT2D eigenvalue weighted by atomic mass is 10.1. The number of hydrogen-bond donors (Lipinski definition) is 1. The third kappa shape index (κ3) is 6.10. The zero-order valence-electron chi connectivity index (χ0n) is 15.5. The molecule has 132 valence electrons. The van der Waals surface area contributed by atoms with Crippen LogP contribution in [0.5, 0.6) is 0 Å². The van der Waals surface area contributed by atoms with Crippen LogP contribution in [0.2, 0.25) is 0 Å². The highest BCUT2D eigenvalue weighted by Gasteiger charge is 2.27. The van der Waals surface area contributed by atoms with Gasteiger partial charge >= 0.3 is 0 Å². The maximum absolute atomic E-state index is 12.3. The number of hydrogen-bond acceptors (Lipinski definition) is 3. The third-order valence-electron chi connectivity index (χ3n) is 4.31. The summed E-state index contributed by atoms with van der Waals surface area (Å²) in [5.41, 5.74) is 1.07. The van der Waals surface area contributed by atoms with Crippen LogP contribution in [0.1, 0.15) is 33.3 Å². The van der Waals surface area contributed by atoms with Gasteiger partial charge in [0.15, 0.2) is 0 Å². The van der Waals surface area contributed by atoms with Crippen LogP contribution in [0.4, 0.5) is 0 Å². The Kier molecular flexibility index (Phi) is 6.58. The lowest BCUT2D eigenvalue weighted by molar-refractivity contribution is -0.128. The molecule has 1 aromatic carbocycles. The second-order valence-electron chi connectivity index (χ2n) is 7.56. The Bertz CT molecular complexity index is 540. The summed E-state index contributed by atoms with van der Waals surface area (Å²) in [7, 11) is 0. The molecule has 1 amide bonds. The van der Waals surface area contributed by atoms with Crippen LogP contribution in [0, 0.1) is 0 Å². The monoisotopic (exact) mass is 329 g/mol. The second kappa shape index (κ2) is 8.45. The van der Waals surface area contributed by atoms with Crippen molar-refractivity contribution in [1.29, 1.82) is 0 Å². The van der Waals surface area contributed by atoms with E-state index in [-0.39, 0.29) is 17.5 Å². The number of carbonyl (C=O) groups is 1. The van der Waals surface area contributed by atoms with Crippen molar-refractivity contribution < 1.29 is 4.79 Å². The van der Waals surface area contributed by atoms with Gasteiger partial charge in [0.2, 0.25) is 5.91 Å². The summed E-state index contributed by atoms with van der Waals surface area (Å²) in [5.74, 6) is 0.125. The molecule has 0 bridgehead atoms. The summed E-state index contributed by atoms with van der Waals surface area (Å²) in [6.45, 7) is 12.9. The Labute approximate surface area is 146 Å². The zero-order chi connectivity index (χ0) is 17.6. The Morgan fingerprint density at radius 3 is 2.38 bits per heavy atom. The molecule has 24 heavy (non-hydrogen) atoms. The molecule has 4 nitrogen and oxygen atoms in total. The summed E-state index contributed by atoms with van der Waals surface area (Å²) in [5, 5.41) is 3.07. The van der Waals surface area contributed by atoms with Gasteiger partial charge in [0.25, 0.3) is 0 Å². The number of piperazine rings is 1. The lowest BCUT2D eigenvalue weighted by Gasteiger charge is -2.37. The first-order valence-electron chi connectivity index (χ1n) is 8.85. The number of benzene rings is 1. The minimum atomic E-state index is -0.171. The van der Waals surface area contributed by atoms with Gasteiger partial charge in [0.05, 0.1) is 6.04 Å². The highest BCUT2D eigenvalue weighted by Crippen LogP contribution is 2.09. The molecule has 1 aliphatic heterocycles. The number of nitrogens with one attached hydrogen (secondary N) is 1. The second-order valence-corrected chi connectivity index (χ2v) is 7.56. The van der Waals surface area contributed by atoms with Crippen molar-refractivity contribution >= 4 is 12.0 Å². The quantitative estimate of drug-likeness (QED) is 0.902. The van der Waals surface area contributed by atoms with E-state index in [1.54, 1.807) is 0 Å². The SMILES string of the molecule is CC(C(=O)NC(C)(C)C)N1CCN(C/C=C/c2ccccc2)CC1. The average molecular weight is 329 g/mol. The molecule has 0 aliphatic carbocycles. The van der Waals surface area contributed by atoms with Gasteiger partial charge in [-0.2, -0.15) is 0 Å². The van der Waals surface area contributed by atoms with Crippen LogP contribution in [0.25, 0.3) is 6.08 Å². The summed E-state index contributed by atoms with van der Waals surface area (Å²) in [6.07, 6.45) is 4.40. The van der Waals surface area contributed by atoms with E-state index in [9.17, 15) is 4.79 Å². The van der Waals surface area contributed by atoms with Crippen molar-refractivity contribution in [3.8, 4) is 0 Å². The van der Waals surface area contributed by atoms with E-state index in [4.69, 9.17) is 0 Å². The van der Waals surface area contributed by atoms with Crippen molar-refractivity contribution in [2.24, 2.45) is 0 Å². The predicted molar refractivity (Wildman–Crippen MR) is 101 cm³/mol. The lowest BCUT2D eigenvalue weighted by Crippen LogP contribution is -2.56. The van der Waals surface area contributed by atoms with Crippen LogP contribution in [0.3, 0.4) is 0 Å². The first kappa shape index (κ1) is 18.7. The number of nitrogens with zero attached hydrogens (tertiary/aromatic N) is 2. The molecule has 1 fully saturated rings. The molecule has 0 aromatic heterocycles. The molecule has 1 aliphatic rings. The van der Waals surface area contributed by atoms with Gasteiger partial charge in [-0.05, 0) is 33.3 Å². The summed E-state index contributed by atoms with van der Waals surface area (Å²) < 4.78 is 0. The molecule has 2 rings (SSSR count). The van der Waals surface area contributed by atoms with Crippen molar-refractivity contribution in [2.75, 3.05) is 32.7 Å². The smallest absolute Gasteiger partial charge is 0.237 e. The first-order chi connectivity index (χ1) is 11.3. The van der Waals surface area contributed by atoms with E-state index in [1.807, 2.05) is 33.8 Å². The minimum absolute atomic E-state index is 0.0637. The molecule has 1 unspecified atom stereocenters. The average Bonchev–Trinajstić information content (AvgIpc) is 2.54. The number of rotatable bonds is 5. The van der Waals surface area contributed by atoms with Crippen LogP contribution >= 0.6 is 0 Å². The van der Waals surface area contributed by atoms with Gasteiger partial charge in [0.1, 0.15) is 0 Å². The first-order valence-corrected chi connectivity index (χ1v) is 8.85. The fraction of sp³-hybridized carbons (Fsp3) is 0.550. The van der Waals surface area contributed by atoms with E-state index < -0.39 is 0 Å². The molecular formula is C20H31N3O. The van der Waals surface area contributed by atoms with Crippen LogP contribution < -0.4 is 5.32 Å². The van der Waals surface area contributed by atoms with Crippen LogP contribution in [-0.2, 0) is 4.79 Å². The number of amides is 1. The van der Waals surface area contributed by atoms with Gasteiger partial charge in [-0.3, -0.25) is 14.6 Å². The molecule has 0 saturated carbocycles. The predicted octanol–water partition coefficient (Wildman–Crippen LogP) is 2.62. The molecule has 1 aromatic rings. The van der Waals surface area contributed by atoms with Gasteiger partial charge in [-0.15, -0.1) is 0 Å². The molecule has 1 saturated heterocycles. The van der Waals surface area contributed by atoms with E-state index >= 15 is 0 Å². The van der Waals surface area contributed by atoms with Crippen LogP contribution in [-0.4, -0.2) is 60.0 Å². The van der Waals surface area contributed by atoms with Crippen LogP contribution in [0.15, 0.2) is 36.4 Å². The Morgan fingerprint density at radius 2 is 1.79 bits per heavy atom. The van der Waals surface area contributed by atoms with Crippen molar-refractivity contribution in [3.63, 3.8) is 0 Å². The normalized spacial score (nSPS) is 18.7. The Morgan fingerprint density at radius 1 is 1.17 bits per heavy atom. The summed E-state index contributed by atoms with van der Waals surface area (Å²) in [4.78, 5) is 17.0. The Hall–Kier alpha value is -1.65. The van der Waals surface area contributed by atoms with Crippen molar-refractivity contribution in [2.45, 2.75) is 39.3 Å². The van der Waals surface area contributed by atoms with E-state index in [0.717, 1.165) is 32.7 Å². The summed E-state index contributed by atoms with van der Waals surface area (Å²) >= 11 is 0. The molecule has 1 N–H and O–H groups in total. The highest BCUT2D eigenvalue weighted by atomic mass is 16.2. The third-order valence-corrected chi connectivity index (χ3v) is 4.31. The fourth-order valence-electron chi connectivity index (χ4n) is 2.88. The molecule has 0 radical (unpaired) electrons. The molecule has 0 spiro atoms. The zero-order valence-corrected chi connectivity index (χ0v) is 15.5. The van der Waals surface area contributed by atoms with Gasteiger partial charge in [0, 0.05) is 38.3 Å². The molecule has 1 heterocycles. The largest absolute Gasteiger partial charge is 0.350 e. The topological polar surface area (TPSA) is 35.6 Å². The molecular weight excluding hydrogens is 298 g/mol. The Balaban J connectivity index is 1.75. The van der Waals surface area contributed by atoms with Gasteiger partial charge < -0.3 is 5.32 Å². The minimum Gasteiger partial charge on any atom is -0.350 e. The van der Waals surface area contributed by atoms with Crippen molar-refractivity contribution in [3.05, 3.63) is 42.0 Å². The maximum Gasteiger partial charge on any atom is 0.237 e. The van der Waals surface area contributed by atoms with E-state index in [0.29, 0.717) is 0 Å². The van der Waals surface area contributed by atoms with Gasteiger partial charge in [-0.1, -0.05) is 42.5 Å². The fourth-order valence-corrected chi connectivity index (χ4v) is 2.88. The number of carbonyl (C=O) groups excluding carboxylic acids is 1. The van der Waals surface area contributed by atoms with Gasteiger partial charge in [-0.25, -0.2) is 0 Å². The highest BCUT2D eigenvalue weighted by molar-refractivity contribution is 5.81.